The fraction of sp³-hybridized carbons (Fsp3) is 0.0952. The number of imidazole rings is 1. The van der Waals surface area contributed by atoms with Gasteiger partial charge in [-0.25, -0.2) is 14.4 Å². The lowest BCUT2D eigenvalue weighted by molar-refractivity contribution is 0.0946. The lowest BCUT2D eigenvalue weighted by Gasteiger charge is -2.10. The van der Waals surface area contributed by atoms with Crippen LogP contribution in [0.1, 0.15) is 21.9 Å². The number of para-hydroxylation sites is 1. The molecule has 5 nitrogen and oxygen atoms in total. The van der Waals surface area contributed by atoms with E-state index < -0.39 is 0 Å². The van der Waals surface area contributed by atoms with Gasteiger partial charge in [-0.2, -0.15) is 0 Å². The Morgan fingerprint density at radius 3 is 2.78 bits per heavy atom. The molecule has 134 valence electrons. The number of benzene rings is 2. The molecule has 0 saturated carbocycles. The van der Waals surface area contributed by atoms with Crippen molar-refractivity contribution in [3.05, 3.63) is 89.9 Å². The first-order valence-corrected chi connectivity index (χ1v) is 8.54. The van der Waals surface area contributed by atoms with Crippen LogP contribution < -0.4 is 5.32 Å². The largest absolute Gasteiger partial charge is 0.347 e. The summed E-state index contributed by atoms with van der Waals surface area (Å²) < 4.78 is 16.1. The first-order chi connectivity index (χ1) is 13.1. The minimum atomic E-state index is -0.369. The van der Waals surface area contributed by atoms with Crippen molar-refractivity contribution in [1.29, 1.82) is 0 Å². The van der Waals surface area contributed by atoms with Crippen LogP contribution in [0.3, 0.4) is 0 Å². The normalized spacial score (nSPS) is 10.9. The summed E-state index contributed by atoms with van der Waals surface area (Å²) in [5, 5.41) is 3.76. The van der Waals surface area contributed by atoms with Crippen LogP contribution in [-0.4, -0.2) is 20.4 Å². The second-order valence-corrected chi connectivity index (χ2v) is 6.20. The maximum Gasteiger partial charge on any atom is 0.270 e. The van der Waals surface area contributed by atoms with Gasteiger partial charge in [-0.05, 0) is 36.8 Å². The lowest BCUT2D eigenvalue weighted by Crippen LogP contribution is -2.23. The molecule has 0 aliphatic carbocycles. The van der Waals surface area contributed by atoms with Crippen molar-refractivity contribution in [2.45, 2.75) is 13.5 Å². The standard InChI is InChI=1S/C21H17FN4O/c1-14-23-10-11-26(14)20-9-6-15(12-17(20)22)13-24-21(27)19-8-7-16-4-2-3-5-18(16)25-19/h2-12H,13H2,1H3,(H,24,27). The van der Waals surface area contributed by atoms with Crippen molar-refractivity contribution in [2.75, 3.05) is 0 Å². The highest BCUT2D eigenvalue weighted by molar-refractivity contribution is 5.94. The zero-order valence-electron chi connectivity index (χ0n) is 14.7. The van der Waals surface area contributed by atoms with E-state index in [0.29, 0.717) is 22.8 Å². The molecular weight excluding hydrogens is 343 g/mol. The number of nitrogens with one attached hydrogen (secondary N) is 1. The molecule has 0 bridgehead atoms. The Kier molecular flexibility index (Phi) is 4.38. The Morgan fingerprint density at radius 1 is 1.15 bits per heavy atom. The van der Waals surface area contributed by atoms with E-state index >= 15 is 0 Å². The number of nitrogens with zero attached hydrogens (tertiary/aromatic N) is 3. The second kappa shape index (κ2) is 6.99. The Bertz CT molecular complexity index is 1140. The van der Waals surface area contributed by atoms with Gasteiger partial charge >= 0.3 is 0 Å². The summed E-state index contributed by atoms with van der Waals surface area (Å²) in [5.74, 6) is 0.0414. The smallest absolute Gasteiger partial charge is 0.270 e. The van der Waals surface area contributed by atoms with Gasteiger partial charge < -0.3 is 9.88 Å². The van der Waals surface area contributed by atoms with Gasteiger partial charge in [0.05, 0.1) is 11.2 Å². The molecule has 2 aromatic carbocycles. The third-order valence-corrected chi connectivity index (χ3v) is 4.38. The van der Waals surface area contributed by atoms with E-state index in [0.717, 1.165) is 10.9 Å². The summed E-state index contributed by atoms with van der Waals surface area (Å²) in [5.41, 5.74) is 2.19. The first-order valence-electron chi connectivity index (χ1n) is 8.54. The minimum Gasteiger partial charge on any atom is -0.347 e. The molecule has 0 spiro atoms. The predicted octanol–water partition coefficient (Wildman–Crippen LogP) is 3.80. The maximum atomic E-state index is 14.4. The number of pyridine rings is 1. The molecule has 0 fully saturated rings. The minimum absolute atomic E-state index is 0.216. The Hall–Kier alpha value is -3.54. The van der Waals surface area contributed by atoms with Gasteiger partial charge in [0.25, 0.3) is 5.91 Å². The number of carbonyl (C=O) groups is 1. The van der Waals surface area contributed by atoms with Crippen molar-refractivity contribution in [3.63, 3.8) is 0 Å². The number of fused-ring (bicyclic) bond motifs is 1. The molecule has 2 heterocycles. The Labute approximate surface area is 155 Å². The van der Waals surface area contributed by atoms with Crippen molar-refractivity contribution < 1.29 is 9.18 Å². The molecule has 0 saturated heterocycles. The molecule has 1 N–H and O–H groups in total. The van der Waals surface area contributed by atoms with Crippen LogP contribution >= 0.6 is 0 Å². The number of aryl methyl sites for hydroxylation is 1. The molecule has 0 radical (unpaired) electrons. The SMILES string of the molecule is Cc1nccn1-c1ccc(CNC(=O)c2ccc3ccccc3n2)cc1F. The third-order valence-electron chi connectivity index (χ3n) is 4.38. The predicted molar refractivity (Wildman–Crippen MR) is 101 cm³/mol. The highest BCUT2D eigenvalue weighted by atomic mass is 19.1. The molecule has 6 heteroatoms. The van der Waals surface area contributed by atoms with Gasteiger partial charge in [-0.1, -0.05) is 30.3 Å². The summed E-state index contributed by atoms with van der Waals surface area (Å²) in [6.45, 7) is 2.03. The average Bonchev–Trinajstić information content (AvgIpc) is 3.11. The molecule has 0 unspecified atom stereocenters. The van der Waals surface area contributed by atoms with Crippen molar-refractivity contribution in [2.24, 2.45) is 0 Å². The molecule has 0 atom stereocenters. The summed E-state index contributed by atoms with van der Waals surface area (Å²) in [6, 6.07) is 16.0. The monoisotopic (exact) mass is 360 g/mol. The number of hydrogen-bond donors (Lipinski definition) is 1. The van der Waals surface area contributed by atoms with Crippen molar-refractivity contribution >= 4 is 16.8 Å². The van der Waals surface area contributed by atoms with Gasteiger partial charge in [-0.15, -0.1) is 0 Å². The topological polar surface area (TPSA) is 59.8 Å². The third kappa shape index (κ3) is 3.42. The van der Waals surface area contributed by atoms with Crippen LogP contribution in [0.5, 0.6) is 0 Å². The highest BCUT2D eigenvalue weighted by Crippen LogP contribution is 2.17. The van der Waals surface area contributed by atoms with Gasteiger partial charge in [-0.3, -0.25) is 4.79 Å². The molecule has 2 aromatic heterocycles. The van der Waals surface area contributed by atoms with Crippen molar-refractivity contribution in [3.8, 4) is 5.69 Å². The average molecular weight is 360 g/mol. The van der Waals surface area contributed by atoms with Gasteiger partial charge in [0.15, 0.2) is 0 Å². The van der Waals surface area contributed by atoms with Crippen molar-refractivity contribution in [1.82, 2.24) is 19.9 Å². The quantitative estimate of drug-likeness (QED) is 0.602. The van der Waals surface area contributed by atoms with Gasteiger partial charge in [0.1, 0.15) is 17.3 Å². The van der Waals surface area contributed by atoms with E-state index in [-0.39, 0.29) is 18.3 Å². The van der Waals surface area contributed by atoms with Crippen LogP contribution in [0.15, 0.2) is 67.0 Å². The number of rotatable bonds is 4. The van der Waals surface area contributed by atoms with Crippen LogP contribution in [0.4, 0.5) is 4.39 Å². The highest BCUT2D eigenvalue weighted by Gasteiger charge is 2.10. The number of halogens is 1. The summed E-state index contributed by atoms with van der Waals surface area (Å²) in [6.07, 6.45) is 3.33. The Balaban J connectivity index is 1.48. The zero-order chi connectivity index (χ0) is 18.8. The summed E-state index contributed by atoms with van der Waals surface area (Å²) in [4.78, 5) is 20.8. The second-order valence-electron chi connectivity index (χ2n) is 6.20. The molecule has 4 aromatic rings. The van der Waals surface area contributed by atoms with E-state index in [1.165, 1.54) is 6.07 Å². The first kappa shape index (κ1) is 16.9. The summed E-state index contributed by atoms with van der Waals surface area (Å²) in [7, 11) is 0. The van der Waals surface area contributed by atoms with Crippen LogP contribution in [0.25, 0.3) is 16.6 Å². The van der Waals surface area contributed by atoms with Crippen LogP contribution in [-0.2, 0) is 6.54 Å². The zero-order valence-corrected chi connectivity index (χ0v) is 14.7. The molecular formula is C21H17FN4O. The number of carbonyl (C=O) groups excluding carboxylic acids is 1. The van der Waals surface area contributed by atoms with Crippen LogP contribution in [0, 0.1) is 12.7 Å². The van der Waals surface area contributed by atoms with Crippen LogP contribution in [0.2, 0.25) is 0 Å². The molecule has 0 aliphatic rings. The molecule has 27 heavy (non-hydrogen) atoms. The Morgan fingerprint density at radius 2 is 2.00 bits per heavy atom. The van der Waals surface area contributed by atoms with Gasteiger partial charge in [0.2, 0.25) is 0 Å². The van der Waals surface area contributed by atoms with Gasteiger partial charge in [0, 0.05) is 24.3 Å². The number of amides is 1. The number of aromatic nitrogens is 3. The lowest BCUT2D eigenvalue weighted by atomic mass is 10.1. The number of hydrogen-bond acceptors (Lipinski definition) is 3. The maximum absolute atomic E-state index is 14.4. The van der Waals surface area contributed by atoms with E-state index in [1.807, 2.05) is 37.3 Å². The fourth-order valence-electron chi connectivity index (χ4n) is 2.95. The van der Waals surface area contributed by atoms with E-state index in [1.54, 1.807) is 35.2 Å². The fourth-order valence-corrected chi connectivity index (χ4v) is 2.95. The van der Waals surface area contributed by atoms with E-state index in [2.05, 4.69) is 15.3 Å². The molecule has 0 aliphatic heterocycles. The van der Waals surface area contributed by atoms with E-state index in [9.17, 15) is 9.18 Å². The van der Waals surface area contributed by atoms with E-state index in [4.69, 9.17) is 0 Å². The summed E-state index contributed by atoms with van der Waals surface area (Å²) >= 11 is 0. The molecule has 4 rings (SSSR count). The molecule has 1 amide bonds.